The molecule has 0 amide bonds. The van der Waals surface area contributed by atoms with Gasteiger partial charge in [0.25, 0.3) is 0 Å². The molecule has 12 aromatic rings. The van der Waals surface area contributed by atoms with E-state index in [0.29, 0.717) is 45.6 Å². The molecule has 0 atom stereocenters. The van der Waals surface area contributed by atoms with Gasteiger partial charge in [-0.3, -0.25) is 0 Å². The van der Waals surface area contributed by atoms with Gasteiger partial charge in [0.15, 0.2) is 12.3 Å². The number of carbonyl (C=O) groups is 2. The van der Waals surface area contributed by atoms with E-state index < -0.39 is 24.3 Å². The van der Waals surface area contributed by atoms with E-state index in [4.69, 9.17) is 20.4 Å². The van der Waals surface area contributed by atoms with Crippen LogP contribution in [-0.4, -0.2) is 51.1 Å². The fourth-order valence-electron chi connectivity index (χ4n) is 9.23. The largest absolute Gasteiger partial charge is 2.00 e. The van der Waals surface area contributed by atoms with Gasteiger partial charge in [0, 0.05) is 22.3 Å². The zero-order chi connectivity index (χ0) is 51.8. The first-order valence-electron chi connectivity index (χ1n) is 24.6. The predicted molar refractivity (Wildman–Crippen MR) is 291 cm³/mol. The number of hydrogen-bond donors (Lipinski definition) is 0. The van der Waals surface area contributed by atoms with E-state index >= 15 is 0 Å². The molecular formula is C64H46N8NiO4. The molecule has 0 spiro atoms. The molecule has 12 rings (SSSR count). The number of nitrogens with zero attached hydrogens (tertiary/aromatic N) is 8. The molecule has 13 heteroatoms. The van der Waals surface area contributed by atoms with Gasteiger partial charge in [-0.05, 0) is 46.5 Å². The monoisotopic (exact) mass is 1050 g/mol. The summed E-state index contributed by atoms with van der Waals surface area (Å²) < 4.78 is 6.00. The Hall–Kier alpha value is -9.97. The molecule has 4 heterocycles. The van der Waals surface area contributed by atoms with Crippen molar-refractivity contribution in [2.75, 3.05) is 0 Å². The Bertz CT molecular complexity index is 3370. The number of hydrogen-bond acceptors (Lipinski definition) is 8. The third-order valence-corrected chi connectivity index (χ3v) is 12.8. The molecule has 0 radical (unpaired) electrons. The maximum atomic E-state index is 12.9. The van der Waals surface area contributed by atoms with E-state index in [0.717, 1.165) is 44.5 Å². The summed E-state index contributed by atoms with van der Waals surface area (Å²) in [5, 5.41) is 45.1. The fourth-order valence-corrected chi connectivity index (χ4v) is 9.23. The summed E-state index contributed by atoms with van der Waals surface area (Å²) in [6.07, 6.45) is -2.68. The van der Waals surface area contributed by atoms with Gasteiger partial charge in [0.1, 0.15) is 0 Å². The molecule has 12 nitrogen and oxygen atoms in total. The molecule has 0 saturated heterocycles. The van der Waals surface area contributed by atoms with Crippen LogP contribution in [-0.2, 0) is 26.1 Å². The van der Waals surface area contributed by atoms with Gasteiger partial charge in [0.05, 0.1) is 57.5 Å². The van der Waals surface area contributed by atoms with Crippen molar-refractivity contribution in [3.8, 4) is 90.1 Å². The van der Waals surface area contributed by atoms with Gasteiger partial charge in [-0.25, -0.2) is 18.7 Å². The summed E-state index contributed by atoms with van der Waals surface area (Å²) >= 11 is 0. The van der Waals surface area contributed by atoms with Gasteiger partial charge < -0.3 is 19.8 Å². The van der Waals surface area contributed by atoms with E-state index in [2.05, 4.69) is 0 Å². The van der Waals surface area contributed by atoms with Crippen LogP contribution in [0.5, 0.6) is 0 Å². The van der Waals surface area contributed by atoms with E-state index in [1.54, 1.807) is 0 Å². The third-order valence-electron chi connectivity index (χ3n) is 12.8. The predicted octanol–water partition coefficient (Wildman–Crippen LogP) is 11.1. The van der Waals surface area contributed by atoms with Crippen LogP contribution in [0.4, 0.5) is 0 Å². The van der Waals surface area contributed by atoms with Crippen molar-refractivity contribution in [1.29, 1.82) is 0 Å². The minimum Gasteiger partial charge on any atom is -0.546 e. The Morgan fingerprint density at radius 3 is 0.584 bits per heavy atom. The normalized spacial score (nSPS) is 10.9. The van der Waals surface area contributed by atoms with Gasteiger partial charge >= 0.3 is 16.5 Å². The number of carboxylic acids is 2. The second-order valence-corrected chi connectivity index (χ2v) is 17.8. The first kappa shape index (κ1) is 50.6. The summed E-state index contributed by atoms with van der Waals surface area (Å²) in [6.45, 7) is 0. The number of aromatic nitrogens is 8. The molecule has 8 aromatic carbocycles. The quantitative estimate of drug-likeness (QED) is 0.0976. The molecule has 376 valence electrons. The van der Waals surface area contributed by atoms with Crippen LogP contribution in [0.25, 0.3) is 90.1 Å². The number of carbonyl (C=O) groups excluding carboxylic acids is 2. The van der Waals surface area contributed by atoms with E-state index in [-0.39, 0.29) is 16.5 Å². The average Bonchev–Trinajstić information content (AvgIpc) is 4.44. The molecule has 77 heavy (non-hydrogen) atoms. The Morgan fingerprint density at radius 2 is 0.429 bits per heavy atom. The minimum absolute atomic E-state index is 0. The number of carboxylic acid groups (broad SMARTS) is 2. The van der Waals surface area contributed by atoms with Crippen LogP contribution in [0.1, 0.15) is 12.3 Å². The molecule has 4 aromatic heterocycles. The Kier molecular flexibility index (Phi) is 15.1. The van der Waals surface area contributed by atoms with Crippen LogP contribution in [0.3, 0.4) is 0 Å². The maximum absolute atomic E-state index is 12.9. The van der Waals surface area contributed by atoms with Crippen molar-refractivity contribution in [2.45, 2.75) is 12.3 Å². The van der Waals surface area contributed by atoms with Crippen LogP contribution < -0.4 is 10.2 Å². The van der Waals surface area contributed by atoms with Crippen molar-refractivity contribution >= 4 is 11.9 Å². The zero-order valence-corrected chi connectivity index (χ0v) is 42.1. The Morgan fingerprint density at radius 1 is 0.273 bits per heavy atom. The van der Waals surface area contributed by atoms with Crippen LogP contribution in [0.15, 0.2) is 267 Å². The van der Waals surface area contributed by atoms with Crippen molar-refractivity contribution in [1.82, 2.24) is 39.1 Å². The molecule has 0 aliphatic carbocycles. The van der Waals surface area contributed by atoms with Crippen molar-refractivity contribution in [3.05, 3.63) is 267 Å². The third kappa shape index (κ3) is 10.8. The van der Waals surface area contributed by atoms with E-state index in [1.165, 1.54) is 18.7 Å². The summed E-state index contributed by atoms with van der Waals surface area (Å²) in [4.78, 5) is 25.9. The first-order valence-corrected chi connectivity index (χ1v) is 24.6. The minimum atomic E-state index is -1.34. The first-order chi connectivity index (χ1) is 37.4. The molecular weight excluding hydrogens is 1000 g/mol. The molecule has 0 unspecified atom stereocenters. The zero-order valence-electron chi connectivity index (χ0n) is 41.1. The number of aliphatic carboxylic acids is 2. The summed E-state index contributed by atoms with van der Waals surface area (Å²) in [5.41, 5.74) is 12.1. The average molecular weight is 1050 g/mol. The number of benzene rings is 8. The van der Waals surface area contributed by atoms with Crippen LogP contribution >= 0.6 is 0 Å². The van der Waals surface area contributed by atoms with Gasteiger partial charge in [0.2, 0.25) is 0 Å². The van der Waals surface area contributed by atoms with Crippen LogP contribution in [0.2, 0.25) is 0 Å². The molecule has 0 aliphatic rings. The number of rotatable bonds is 14. The van der Waals surface area contributed by atoms with Gasteiger partial charge in [-0.1, -0.05) is 243 Å². The Labute approximate surface area is 454 Å². The van der Waals surface area contributed by atoms with Crippen molar-refractivity contribution < 1.29 is 36.3 Å². The Balaban J connectivity index is 0.000000172. The smallest absolute Gasteiger partial charge is 0.546 e. The summed E-state index contributed by atoms with van der Waals surface area (Å²) in [7, 11) is 0. The second kappa shape index (κ2) is 23.1. The van der Waals surface area contributed by atoms with Crippen molar-refractivity contribution in [3.63, 3.8) is 0 Å². The van der Waals surface area contributed by atoms with Crippen LogP contribution in [0, 0.1) is 0 Å². The second-order valence-electron chi connectivity index (χ2n) is 17.8. The molecule has 0 bridgehead atoms. The molecule has 0 fully saturated rings. The van der Waals surface area contributed by atoms with Crippen molar-refractivity contribution in [2.24, 2.45) is 0 Å². The SMILES string of the molecule is O=C([O-])C(n1nc(-c2ccccc2)cc1-c1ccccc1)n1nc(-c2ccccc2)cc1-c1ccccc1.O=C([O-])C(n1nc(-c2ccccc2)cc1-c1ccccc1)n1nc(-c2ccccc2)cc1-c1ccccc1.[Ni+2]. The van der Waals surface area contributed by atoms with Gasteiger partial charge in [-0.2, -0.15) is 20.4 Å². The topological polar surface area (TPSA) is 152 Å². The molecule has 0 N–H and O–H groups in total. The van der Waals surface area contributed by atoms with E-state index in [9.17, 15) is 19.8 Å². The van der Waals surface area contributed by atoms with Gasteiger partial charge in [-0.15, -0.1) is 0 Å². The molecule has 0 saturated carbocycles. The maximum Gasteiger partial charge on any atom is 2.00 e. The van der Waals surface area contributed by atoms with E-state index in [1.807, 2.05) is 267 Å². The fraction of sp³-hybridized carbons (Fsp3) is 0.0312. The summed E-state index contributed by atoms with van der Waals surface area (Å²) in [5.74, 6) is -2.63. The standard InChI is InChI=1S/2C32H24N4O2.Ni/c2*37-32(38)31(35-29(25-17-9-3-10-18-25)21-27(33-35)23-13-5-1-6-14-23)36-30(26-19-11-4-12-20-26)22-28(34-36)24-15-7-2-8-16-24;/h2*1-22,31H,(H,37,38);/q;;+2/p-2. The summed E-state index contributed by atoms with van der Waals surface area (Å²) in [6, 6.07) is 84.9. The molecule has 0 aliphatic heterocycles.